The zero-order valence-corrected chi connectivity index (χ0v) is 51.7. The Bertz CT molecular complexity index is 3310. The number of rotatable bonds is 8. The lowest BCUT2D eigenvalue weighted by atomic mass is 9.27. The highest BCUT2D eigenvalue weighted by Crippen LogP contribution is 2.84. The number of ether oxygens (including phenoxy) is 2. The van der Waals surface area contributed by atoms with E-state index in [4.69, 9.17) is 9.47 Å². The molecule has 2 saturated heterocycles. The minimum atomic E-state index is -0.760. The summed E-state index contributed by atoms with van der Waals surface area (Å²) in [6.45, 7) is 18.0. The molecule has 9 heteroatoms. The smallest absolute Gasteiger partial charge is 0.160 e. The van der Waals surface area contributed by atoms with Crippen LogP contribution in [0.5, 0.6) is 0 Å². The Labute approximate surface area is 495 Å². The Kier molecular flexibility index (Phi) is 12.3. The lowest BCUT2D eigenvalue weighted by Gasteiger charge is -2.76. The molecule has 15 unspecified atom stereocenters. The topological polar surface area (TPSA) is 133 Å². The largest absolute Gasteiger partial charge is 0.392 e. The van der Waals surface area contributed by atoms with E-state index in [-0.39, 0.29) is 52.0 Å². The standard InChI is InChI=1S/C74H99N3O6/c1-67(2)66(83-67)55(79)38-68(3)27-20-47-40-76-61-50(34-43-32-48(44-16-10-8-11-17-44)35-49(33-43)45-24-31-82-73(36-45)25-14-9-15-26-73)41-77(62(47)61)42-53-57-59(68)54(78)39-70(57,5)69(4)28-22-56-71(6,51-18-12-13-19-51)65(81)58-52-23-30-75-60(52)46-21-29-74(58,37-46)72(56,7)64(69)63(53)80/h23,30,32-33,35,40-41,44-46,51,53,55-56,58,63-64,66,75-76,79-80H,8-22,24-29,31,34,36-39,42H2,1-7H3. The van der Waals surface area contributed by atoms with Crippen LogP contribution in [0.2, 0.25) is 0 Å². The maximum absolute atomic E-state index is 16.3. The molecule has 6 heterocycles. The first-order valence-electron chi connectivity index (χ1n) is 34.3. The number of allylic oxidation sites excluding steroid dienone is 1. The zero-order chi connectivity index (χ0) is 57.0. The fourth-order valence-corrected chi connectivity index (χ4v) is 24.6. The normalized spacial score (nSPS) is 42.1. The molecule has 2 spiro atoms. The minimum Gasteiger partial charge on any atom is -0.392 e. The van der Waals surface area contributed by atoms with Gasteiger partial charge in [0, 0.05) is 72.6 Å². The van der Waals surface area contributed by atoms with Crippen LogP contribution in [0.15, 0.2) is 54.0 Å². The van der Waals surface area contributed by atoms with Crippen molar-refractivity contribution in [3.63, 3.8) is 0 Å². The fourth-order valence-electron chi connectivity index (χ4n) is 24.6. The van der Waals surface area contributed by atoms with Crippen molar-refractivity contribution in [1.82, 2.24) is 14.5 Å². The van der Waals surface area contributed by atoms with Crippen molar-refractivity contribution in [2.24, 2.45) is 56.2 Å². The van der Waals surface area contributed by atoms with Gasteiger partial charge in [-0.3, -0.25) is 9.59 Å². The van der Waals surface area contributed by atoms with E-state index in [1.54, 1.807) is 5.56 Å². The molecule has 0 amide bonds. The molecular formula is C74H99N3O6. The highest BCUT2D eigenvalue weighted by Gasteiger charge is 2.81. The van der Waals surface area contributed by atoms with Gasteiger partial charge in [-0.1, -0.05) is 104 Å². The van der Waals surface area contributed by atoms with Crippen LogP contribution in [0.1, 0.15) is 265 Å². The second kappa shape index (κ2) is 18.6. The molecular weight excluding hydrogens is 1030 g/mol. The number of aromatic amines is 2. The van der Waals surface area contributed by atoms with Gasteiger partial charge in [0.25, 0.3) is 0 Å². The summed E-state index contributed by atoms with van der Waals surface area (Å²) in [5, 5.41) is 27.1. The first-order chi connectivity index (χ1) is 39.8. The number of nitrogens with one attached hydrogen (secondary N) is 2. The molecule has 4 aromatic rings. The van der Waals surface area contributed by atoms with Gasteiger partial charge >= 0.3 is 0 Å². The van der Waals surface area contributed by atoms with E-state index in [2.05, 4.69) is 106 Å². The van der Waals surface area contributed by atoms with Gasteiger partial charge in [0.05, 0.1) is 40.4 Å². The molecule has 9 aliphatic carbocycles. The summed E-state index contributed by atoms with van der Waals surface area (Å²) in [4.78, 5) is 40.0. The van der Waals surface area contributed by atoms with Crippen LogP contribution in [0.25, 0.3) is 11.0 Å². The second-order valence-electron chi connectivity index (χ2n) is 32.7. The molecule has 4 N–H and O–H groups in total. The molecule has 16 rings (SSSR count). The average molecular weight is 1130 g/mol. The van der Waals surface area contributed by atoms with Gasteiger partial charge < -0.3 is 34.2 Å². The molecule has 9 fully saturated rings. The molecule has 0 radical (unpaired) electrons. The van der Waals surface area contributed by atoms with Gasteiger partial charge in [-0.2, -0.15) is 0 Å². The molecule has 83 heavy (non-hydrogen) atoms. The number of benzene rings is 1. The number of H-pyrrole nitrogens is 2. The SMILES string of the molecule is CC1(CC(O)C2OC2(C)C)CCc2c[nH]c3c(Cc4cc(C5CCCCC5)cc(C5CCOC6(CCCCC6)C5)c4)cn(c23)CC2C3=C1C(=O)CC3(C)C1(C)CCC3C(C)(C4CCCC4)C(=O)C4c5cc[nH]c5C5CCC4(C5)C3(C)C1C2O. The highest BCUT2D eigenvalue weighted by molar-refractivity contribution is 6.02. The van der Waals surface area contributed by atoms with Crippen molar-refractivity contribution in [3.05, 3.63) is 93.1 Å². The van der Waals surface area contributed by atoms with Gasteiger partial charge in [-0.25, -0.2) is 0 Å². The summed E-state index contributed by atoms with van der Waals surface area (Å²) in [7, 11) is 0. The van der Waals surface area contributed by atoms with Crippen molar-refractivity contribution in [2.45, 2.75) is 275 Å². The number of Topliss-reactive ketones (excluding diaryl/α,β-unsaturated/α-hetero) is 2. The molecule has 9 nitrogen and oxygen atoms in total. The summed E-state index contributed by atoms with van der Waals surface area (Å²) in [6, 6.07) is 10.1. The summed E-state index contributed by atoms with van der Waals surface area (Å²) < 4.78 is 15.5. The maximum atomic E-state index is 16.3. The van der Waals surface area contributed by atoms with Crippen LogP contribution in [0, 0.1) is 56.2 Å². The number of carbonyl (C=O) groups is 2. The van der Waals surface area contributed by atoms with Crippen molar-refractivity contribution in [1.29, 1.82) is 0 Å². The van der Waals surface area contributed by atoms with Gasteiger partial charge in [-0.05, 0) is 219 Å². The van der Waals surface area contributed by atoms with E-state index >= 15 is 9.59 Å². The van der Waals surface area contributed by atoms with Crippen LogP contribution in [0.3, 0.4) is 0 Å². The quantitative estimate of drug-likeness (QED) is 0.130. The zero-order valence-electron chi connectivity index (χ0n) is 51.7. The van der Waals surface area contributed by atoms with Crippen LogP contribution in [-0.4, -0.2) is 72.4 Å². The average Bonchev–Trinajstić information content (AvgIpc) is 1.65. The van der Waals surface area contributed by atoms with E-state index in [0.29, 0.717) is 55.3 Å². The monoisotopic (exact) mass is 1130 g/mol. The first-order valence-corrected chi connectivity index (χ1v) is 34.3. The molecule has 3 aromatic heterocycles. The maximum Gasteiger partial charge on any atom is 0.160 e. The Balaban J connectivity index is 0.857. The molecule has 446 valence electrons. The number of aliphatic hydroxyl groups is 2. The Hall–Kier alpha value is -3.76. The van der Waals surface area contributed by atoms with Crippen LogP contribution in [0.4, 0.5) is 0 Å². The summed E-state index contributed by atoms with van der Waals surface area (Å²) in [6.07, 6.45) is 32.7. The molecule has 1 aromatic carbocycles. The van der Waals surface area contributed by atoms with Crippen molar-refractivity contribution in [3.8, 4) is 0 Å². The van der Waals surface area contributed by atoms with Crippen LogP contribution >= 0.6 is 0 Å². The number of aliphatic hydroxyl groups excluding tert-OH is 2. The number of ketones is 2. The van der Waals surface area contributed by atoms with Crippen LogP contribution < -0.4 is 0 Å². The highest BCUT2D eigenvalue weighted by atomic mass is 16.6. The number of aromatic nitrogens is 3. The van der Waals surface area contributed by atoms with Crippen LogP contribution in [-0.2, 0) is 38.4 Å². The van der Waals surface area contributed by atoms with E-state index < -0.39 is 39.5 Å². The number of nitrogens with zero attached hydrogens (tertiary/aromatic N) is 1. The molecule has 2 bridgehead atoms. The lowest BCUT2D eigenvalue weighted by Crippen LogP contribution is -2.74. The van der Waals surface area contributed by atoms with Crippen molar-refractivity contribution >= 4 is 22.6 Å². The third-order valence-electron chi connectivity index (χ3n) is 28.6. The molecule has 15 atom stereocenters. The number of epoxide rings is 1. The Morgan fingerprint density at radius 1 is 0.783 bits per heavy atom. The second-order valence-corrected chi connectivity index (χ2v) is 32.7. The van der Waals surface area contributed by atoms with Crippen molar-refractivity contribution < 1.29 is 29.3 Å². The number of fused-ring (bicyclic) bond motifs is 8. The lowest BCUT2D eigenvalue weighted by molar-refractivity contribution is -0.271. The molecule has 3 aliphatic heterocycles. The molecule has 12 aliphatic rings. The summed E-state index contributed by atoms with van der Waals surface area (Å²) in [5.74, 6) is 1.97. The summed E-state index contributed by atoms with van der Waals surface area (Å²) in [5.41, 5.74) is 10.9. The van der Waals surface area contributed by atoms with Gasteiger partial charge in [-0.15, -0.1) is 0 Å². The number of hydrogen-bond donors (Lipinski definition) is 4. The number of carbonyl (C=O) groups excluding carboxylic acids is 2. The number of hydrogen-bond acceptors (Lipinski definition) is 6. The fraction of sp³-hybridized carbons (Fsp3) is 0.730. The predicted molar refractivity (Wildman–Crippen MR) is 325 cm³/mol. The predicted octanol–water partition coefficient (Wildman–Crippen LogP) is 15.5. The van der Waals surface area contributed by atoms with E-state index in [9.17, 15) is 10.2 Å². The van der Waals surface area contributed by atoms with Gasteiger partial charge in [0.15, 0.2) is 5.78 Å². The van der Waals surface area contributed by atoms with Crippen molar-refractivity contribution in [2.75, 3.05) is 6.61 Å². The minimum absolute atomic E-state index is 0.0337. The number of aryl methyl sites for hydroxylation is 1. The van der Waals surface area contributed by atoms with E-state index in [0.717, 1.165) is 82.8 Å². The van der Waals surface area contributed by atoms with Gasteiger partial charge in [0.1, 0.15) is 11.9 Å². The summed E-state index contributed by atoms with van der Waals surface area (Å²) >= 11 is 0. The third kappa shape index (κ3) is 7.50. The first kappa shape index (κ1) is 54.6. The van der Waals surface area contributed by atoms with Gasteiger partial charge in [0.2, 0.25) is 0 Å². The third-order valence-corrected chi connectivity index (χ3v) is 28.6. The molecule has 7 saturated carbocycles. The van der Waals surface area contributed by atoms with E-state index in [1.165, 1.54) is 127 Å². The Morgan fingerprint density at radius 3 is 2.28 bits per heavy atom. The Morgan fingerprint density at radius 2 is 1.52 bits per heavy atom. The van der Waals surface area contributed by atoms with E-state index in [1.807, 2.05) is 0 Å².